The second kappa shape index (κ2) is 5.38. The van der Waals surface area contributed by atoms with E-state index in [-0.39, 0.29) is 27.2 Å². The van der Waals surface area contributed by atoms with Crippen molar-refractivity contribution >= 4 is 38.9 Å². The van der Waals surface area contributed by atoms with Crippen LogP contribution in [0.3, 0.4) is 0 Å². The quantitative estimate of drug-likeness (QED) is 0.839. The highest BCUT2D eigenvalue weighted by atomic mass is 35.5. The number of hydrogen-bond donors (Lipinski definition) is 2. The van der Waals surface area contributed by atoms with Crippen LogP contribution in [0, 0.1) is 0 Å². The van der Waals surface area contributed by atoms with E-state index in [9.17, 15) is 8.42 Å². The Morgan fingerprint density at radius 1 is 1.37 bits per heavy atom. The van der Waals surface area contributed by atoms with Gasteiger partial charge in [-0.1, -0.05) is 28.4 Å². The fourth-order valence-electron chi connectivity index (χ4n) is 1.44. The van der Waals surface area contributed by atoms with E-state index in [0.29, 0.717) is 5.76 Å². The lowest BCUT2D eigenvalue weighted by Crippen LogP contribution is -2.24. The molecular formula is C10H9Cl2N3O3S. The van der Waals surface area contributed by atoms with Crippen molar-refractivity contribution in [3.63, 3.8) is 0 Å². The van der Waals surface area contributed by atoms with Gasteiger partial charge >= 0.3 is 0 Å². The molecule has 9 heteroatoms. The molecule has 102 valence electrons. The van der Waals surface area contributed by atoms with E-state index in [0.717, 1.165) is 0 Å². The molecule has 0 amide bonds. The number of nitrogen functional groups attached to an aromatic ring is 1. The Morgan fingerprint density at radius 3 is 2.68 bits per heavy atom. The molecule has 19 heavy (non-hydrogen) atoms. The molecule has 0 aliphatic carbocycles. The number of benzene rings is 1. The van der Waals surface area contributed by atoms with Gasteiger partial charge in [-0.15, -0.1) is 0 Å². The molecule has 0 fully saturated rings. The summed E-state index contributed by atoms with van der Waals surface area (Å²) < 4.78 is 31.3. The van der Waals surface area contributed by atoms with Gasteiger partial charge in [-0.05, 0) is 12.1 Å². The summed E-state index contributed by atoms with van der Waals surface area (Å²) >= 11 is 11.6. The third-order valence-electron chi connectivity index (χ3n) is 2.23. The minimum absolute atomic E-state index is 0.0254. The van der Waals surface area contributed by atoms with Crippen molar-refractivity contribution in [1.29, 1.82) is 0 Å². The summed E-state index contributed by atoms with van der Waals surface area (Å²) in [4.78, 5) is -0.210. The molecule has 1 aromatic carbocycles. The van der Waals surface area contributed by atoms with Crippen LogP contribution >= 0.6 is 23.2 Å². The van der Waals surface area contributed by atoms with Crippen molar-refractivity contribution in [3.8, 4) is 0 Å². The Balaban J connectivity index is 2.29. The van der Waals surface area contributed by atoms with Crippen molar-refractivity contribution in [2.24, 2.45) is 0 Å². The van der Waals surface area contributed by atoms with Crippen LogP contribution < -0.4 is 10.5 Å². The average molecular weight is 322 g/mol. The number of sulfonamides is 1. The molecule has 0 saturated heterocycles. The fraction of sp³-hybridized carbons (Fsp3) is 0.100. The van der Waals surface area contributed by atoms with Gasteiger partial charge in [0.25, 0.3) is 0 Å². The molecule has 2 rings (SSSR count). The lowest BCUT2D eigenvalue weighted by Gasteiger charge is -2.10. The Hall–Kier alpha value is -1.28. The lowest BCUT2D eigenvalue weighted by atomic mass is 10.3. The molecule has 0 aliphatic rings. The molecule has 0 atom stereocenters. The zero-order valence-corrected chi connectivity index (χ0v) is 11.8. The number of hydrogen-bond acceptors (Lipinski definition) is 5. The molecular weight excluding hydrogens is 313 g/mol. The van der Waals surface area contributed by atoms with E-state index in [1.165, 1.54) is 24.4 Å². The van der Waals surface area contributed by atoms with Gasteiger partial charge < -0.3 is 10.3 Å². The molecule has 3 N–H and O–H groups in total. The third-order valence-corrected chi connectivity index (χ3v) is 4.38. The topological polar surface area (TPSA) is 98.2 Å². The third kappa shape index (κ3) is 3.19. The predicted octanol–water partition coefficient (Wildman–Crippen LogP) is 2.04. The molecule has 0 saturated carbocycles. The highest BCUT2D eigenvalue weighted by molar-refractivity contribution is 7.89. The summed E-state index contributed by atoms with van der Waals surface area (Å²) in [5.74, 6) is 0.368. The molecule has 1 heterocycles. The number of aromatic nitrogens is 1. The van der Waals surface area contributed by atoms with Gasteiger partial charge in [0.1, 0.15) is 4.90 Å². The van der Waals surface area contributed by atoms with Crippen molar-refractivity contribution in [2.45, 2.75) is 11.4 Å². The van der Waals surface area contributed by atoms with Crippen LogP contribution in [0.5, 0.6) is 0 Å². The van der Waals surface area contributed by atoms with Crippen LogP contribution in [-0.4, -0.2) is 13.6 Å². The summed E-state index contributed by atoms with van der Waals surface area (Å²) in [6.07, 6.45) is 1.41. The maximum Gasteiger partial charge on any atom is 0.244 e. The van der Waals surface area contributed by atoms with Crippen LogP contribution in [0.25, 0.3) is 0 Å². The number of halogens is 2. The normalized spacial score (nSPS) is 11.7. The number of nitrogens with zero attached hydrogens (tertiary/aromatic N) is 1. The maximum absolute atomic E-state index is 12.1. The molecule has 0 unspecified atom stereocenters. The van der Waals surface area contributed by atoms with E-state index >= 15 is 0 Å². The molecule has 0 radical (unpaired) electrons. The van der Waals surface area contributed by atoms with Crippen molar-refractivity contribution < 1.29 is 12.9 Å². The number of rotatable bonds is 4. The fourth-order valence-corrected chi connectivity index (χ4v) is 3.41. The van der Waals surface area contributed by atoms with E-state index in [2.05, 4.69) is 9.88 Å². The zero-order valence-electron chi connectivity index (χ0n) is 9.43. The Bertz CT molecular complexity index is 663. The first-order valence-corrected chi connectivity index (χ1v) is 7.28. The highest BCUT2D eigenvalue weighted by Gasteiger charge is 2.22. The highest BCUT2D eigenvalue weighted by Crippen LogP contribution is 2.30. The first-order chi connectivity index (χ1) is 8.90. The van der Waals surface area contributed by atoms with Crippen LogP contribution in [-0.2, 0) is 16.6 Å². The van der Waals surface area contributed by atoms with E-state index in [4.69, 9.17) is 33.5 Å². The van der Waals surface area contributed by atoms with Gasteiger partial charge in [0, 0.05) is 11.1 Å². The molecule has 1 aromatic heterocycles. The van der Waals surface area contributed by atoms with Gasteiger partial charge in [-0.3, -0.25) is 0 Å². The zero-order chi connectivity index (χ0) is 14.0. The standard InChI is InChI=1S/C10H9Cl2N3O3S/c11-6-3-8(12)10(9(13)4-6)19(16,17)15-5-7-1-2-14-18-7/h1-4,15H,5,13H2. The minimum atomic E-state index is -3.87. The number of nitrogens with two attached hydrogens (primary N) is 1. The summed E-state index contributed by atoms with van der Waals surface area (Å²) in [5.41, 5.74) is 5.61. The Morgan fingerprint density at radius 2 is 2.11 bits per heavy atom. The first-order valence-electron chi connectivity index (χ1n) is 5.04. The Labute approximate surface area is 119 Å². The predicted molar refractivity (Wildman–Crippen MR) is 71.4 cm³/mol. The summed E-state index contributed by atoms with van der Waals surface area (Å²) in [6.45, 7) is -0.0548. The molecule has 2 aromatic rings. The first kappa shape index (κ1) is 14.1. The van der Waals surface area contributed by atoms with Crippen molar-refractivity contribution in [2.75, 3.05) is 5.73 Å². The van der Waals surface area contributed by atoms with E-state index in [1.54, 1.807) is 0 Å². The van der Waals surface area contributed by atoms with Crippen LogP contribution in [0.15, 0.2) is 33.8 Å². The maximum atomic E-state index is 12.1. The molecule has 0 bridgehead atoms. The van der Waals surface area contributed by atoms with Gasteiger partial charge in [0.2, 0.25) is 10.0 Å². The largest absolute Gasteiger partial charge is 0.398 e. The molecule has 6 nitrogen and oxygen atoms in total. The van der Waals surface area contributed by atoms with Crippen LogP contribution in [0.2, 0.25) is 10.0 Å². The second-order valence-corrected chi connectivity index (χ2v) is 6.16. The smallest absolute Gasteiger partial charge is 0.244 e. The lowest BCUT2D eigenvalue weighted by molar-refractivity contribution is 0.380. The van der Waals surface area contributed by atoms with Crippen molar-refractivity contribution in [3.05, 3.63) is 40.2 Å². The summed E-state index contributed by atoms with van der Waals surface area (Å²) in [7, 11) is -3.87. The SMILES string of the molecule is Nc1cc(Cl)cc(Cl)c1S(=O)(=O)NCc1ccno1. The second-order valence-electron chi connectivity index (χ2n) is 3.61. The number of anilines is 1. The van der Waals surface area contributed by atoms with E-state index in [1.807, 2.05) is 0 Å². The van der Waals surface area contributed by atoms with Crippen LogP contribution in [0.1, 0.15) is 5.76 Å². The van der Waals surface area contributed by atoms with E-state index < -0.39 is 10.0 Å². The molecule has 0 spiro atoms. The van der Waals surface area contributed by atoms with Gasteiger partial charge in [0.15, 0.2) is 5.76 Å². The van der Waals surface area contributed by atoms with Gasteiger partial charge in [-0.2, -0.15) is 0 Å². The minimum Gasteiger partial charge on any atom is -0.398 e. The van der Waals surface area contributed by atoms with Gasteiger partial charge in [-0.25, -0.2) is 13.1 Å². The monoisotopic (exact) mass is 321 g/mol. The summed E-state index contributed by atoms with van der Waals surface area (Å²) in [5, 5.41) is 3.68. The van der Waals surface area contributed by atoms with Gasteiger partial charge in [0.05, 0.1) is 23.5 Å². The van der Waals surface area contributed by atoms with Crippen molar-refractivity contribution in [1.82, 2.24) is 9.88 Å². The molecule has 0 aliphatic heterocycles. The van der Waals surface area contributed by atoms with Crippen LogP contribution in [0.4, 0.5) is 5.69 Å². The Kier molecular flexibility index (Phi) is 4.00. The summed E-state index contributed by atoms with van der Waals surface area (Å²) in [6, 6.07) is 4.16. The number of nitrogens with one attached hydrogen (secondary N) is 1. The average Bonchev–Trinajstić information content (AvgIpc) is 2.77.